The molecule has 0 aliphatic carbocycles. The van der Waals surface area contributed by atoms with Crippen LogP contribution in [0, 0.1) is 0 Å². The first-order valence-corrected chi connectivity index (χ1v) is 6.04. The van der Waals surface area contributed by atoms with E-state index in [-0.39, 0.29) is 18.1 Å². The molecule has 4 heteroatoms. The van der Waals surface area contributed by atoms with Crippen LogP contribution < -0.4 is 11.1 Å². The number of primary amides is 1. The van der Waals surface area contributed by atoms with Gasteiger partial charge in [0, 0.05) is 29.6 Å². The molecule has 98 valence electrons. The van der Waals surface area contributed by atoms with E-state index >= 15 is 0 Å². The van der Waals surface area contributed by atoms with E-state index in [2.05, 4.69) is 5.32 Å². The van der Waals surface area contributed by atoms with Gasteiger partial charge in [-0.25, -0.2) is 0 Å². The lowest BCUT2D eigenvalue weighted by Crippen LogP contribution is -2.35. The van der Waals surface area contributed by atoms with Crippen molar-refractivity contribution in [3.8, 4) is 0 Å². The van der Waals surface area contributed by atoms with Crippen LogP contribution >= 0.6 is 0 Å². The lowest BCUT2D eigenvalue weighted by atomic mass is 9.99. The van der Waals surface area contributed by atoms with Gasteiger partial charge in [0.15, 0.2) is 5.78 Å². The van der Waals surface area contributed by atoms with Gasteiger partial charge < -0.3 is 11.1 Å². The van der Waals surface area contributed by atoms with Crippen molar-refractivity contribution in [3.05, 3.63) is 29.8 Å². The van der Waals surface area contributed by atoms with Gasteiger partial charge in [0.2, 0.25) is 5.91 Å². The van der Waals surface area contributed by atoms with E-state index in [0.717, 1.165) is 5.69 Å². The quantitative estimate of drug-likeness (QED) is 0.759. The predicted molar refractivity (Wildman–Crippen MR) is 72.6 cm³/mol. The number of rotatable bonds is 6. The molecule has 4 nitrogen and oxygen atoms in total. The number of carbonyl (C=O) groups excluding carboxylic acids is 2. The number of Topliss-reactive ketones (excluding diaryl/α,β-unsaturated/α-hetero) is 1. The Morgan fingerprint density at radius 3 is 2.22 bits per heavy atom. The summed E-state index contributed by atoms with van der Waals surface area (Å²) in [6, 6.07) is 7.25. The van der Waals surface area contributed by atoms with Crippen LogP contribution in [0.4, 0.5) is 5.69 Å². The van der Waals surface area contributed by atoms with Crippen LogP contribution in [0.2, 0.25) is 0 Å². The summed E-state index contributed by atoms with van der Waals surface area (Å²) in [5.74, 6) is -0.219. The number of ketones is 1. The topological polar surface area (TPSA) is 72.2 Å². The van der Waals surface area contributed by atoms with Crippen LogP contribution in [0.3, 0.4) is 0 Å². The molecule has 0 unspecified atom stereocenters. The highest BCUT2D eigenvalue weighted by atomic mass is 16.1. The van der Waals surface area contributed by atoms with E-state index in [1.54, 1.807) is 12.1 Å². The second-order valence-electron chi connectivity index (χ2n) is 5.01. The Hall–Kier alpha value is -1.84. The van der Waals surface area contributed by atoms with Crippen molar-refractivity contribution >= 4 is 17.4 Å². The number of nitrogens with two attached hydrogens (primary N) is 1. The largest absolute Gasteiger partial charge is 0.380 e. The van der Waals surface area contributed by atoms with E-state index in [9.17, 15) is 9.59 Å². The summed E-state index contributed by atoms with van der Waals surface area (Å²) in [6.07, 6.45) is 0.753. The molecule has 0 saturated carbocycles. The average molecular weight is 248 g/mol. The average Bonchev–Trinajstić information content (AvgIpc) is 2.26. The summed E-state index contributed by atoms with van der Waals surface area (Å²) in [7, 11) is 0. The van der Waals surface area contributed by atoms with Crippen LogP contribution in [-0.4, -0.2) is 17.2 Å². The number of carbonyl (C=O) groups is 2. The van der Waals surface area contributed by atoms with Crippen LogP contribution in [0.1, 0.15) is 44.0 Å². The highest BCUT2D eigenvalue weighted by molar-refractivity contribution is 5.96. The summed E-state index contributed by atoms with van der Waals surface area (Å²) >= 11 is 0. The minimum Gasteiger partial charge on any atom is -0.380 e. The molecule has 3 N–H and O–H groups in total. The van der Waals surface area contributed by atoms with Crippen molar-refractivity contribution in [2.45, 2.75) is 39.2 Å². The Kier molecular flexibility index (Phi) is 4.48. The van der Waals surface area contributed by atoms with Crippen LogP contribution in [0.15, 0.2) is 24.3 Å². The van der Waals surface area contributed by atoms with Crippen molar-refractivity contribution < 1.29 is 9.59 Å². The fourth-order valence-electron chi connectivity index (χ4n) is 1.81. The fourth-order valence-corrected chi connectivity index (χ4v) is 1.81. The SMILES string of the molecule is CCC(=O)c1ccc(NC(C)(C)CC(N)=O)cc1. The lowest BCUT2D eigenvalue weighted by Gasteiger charge is -2.26. The van der Waals surface area contributed by atoms with Gasteiger partial charge in [-0.2, -0.15) is 0 Å². The minimum absolute atomic E-state index is 0.123. The number of hydrogen-bond donors (Lipinski definition) is 2. The number of nitrogens with one attached hydrogen (secondary N) is 1. The van der Waals surface area contributed by atoms with Gasteiger partial charge in [-0.3, -0.25) is 9.59 Å². The van der Waals surface area contributed by atoms with Gasteiger partial charge in [0.1, 0.15) is 0 Å². The molecule has 0 bridgehead atoms. The van der Waals surface area contributed by atoms with Gasteiger partial charge >= 0.3 is 0 Å². The van der Waals surface area contributed by atoms with Crippen LogP contribution in [-0.2, 0) is 4.79 Å². The monoisotopic (exact) mass is 248 g/mol. The van der Waals surface area contributed by atoms with Gasteiger partial charge in [0.05, 0.1) is 0 Å². The summed E-state index contributed by atoms with van der Waals surface area (Å²) in [5, 5.41) is 3.22. The zero-order valence-corrected chi connectivity index (χ0v) is 11.1. The molecule has 0 aliphatic heterocycles. The Morgan fingerprint density at radius 2 is 1.78 bits per heavy atom. The molecule has 1 amide bonds. The van der Waals surface area contributed by atoms with Crippen molar-refractivity contribution in [1.82, 2.24) is 0 Å². The van der Waals surface area contributed by atoms with Crippen LogP contribution in [0.25, 0.3) is 0 Å². The van der Waals surface area contributed by atoms with E-state index in [0.29, 0.717) is 12.0 Å². The highest BCUT2D eigenvalue weighted by Crippen LogP contribution is 2.18. The maximum absolute atomic E-state index is 11.5. The second kappa shape index (κ2) is 5.67. The summed E-state index contributed by atoms with van der Waals surface area (Å²) in [5.41, 5.74) is 6.36. The summed E-state index contributed by atoms with van der Waals surface area (Å²) in [4.78, 5) is 22.4. The van der Waals surface area contributed by atoms with Crippen molar-refractivity contribution in [1.29, 1.82) is 0 Å². The standard InChI is InChI=1S/C14H20N2O2/c1-4-12(17)10-5-7-11(8-6-10)16-14(2,3)9-13(15)18/h5-8,16H,4,9H2,1-3H3,(H2,15,18). The third-order valence-electron chi connectivity index (χ3n) is 2.63. The molecule has 0 heterocycles. The smallest absolute Gasteiger partial charge is 0.219 e. The number of amides is 1. The molecular weight excluding hydrogens is 228 g/mol. The Morgan fingerprint density at radius 1 is 1.22 bits per heavy atom. The van der Waals surface area contributed by atoms with E-state index in [4.69, 9.17) is 5.73 Å². The predicted octanol–water partition coefficient (Wildman–Crippen LogP) is 2.35. The second-order valence-corrected chi connectivity index (χ2v) is 5.01. The number of benzene rings is 1. The highest BCUT2D eigenvalue weighted by Gasteiger charge is 2.20. The first-order valence-electron chi connectivity index (χ1n) is 6.04. The molecule has 0 aliphatic rings. The molecule has 0 aromatic heterocycles. The van der Waals surface area contributed by atoms with Gasteiger partial charge in [0.25, 0.3) is 0 Å². The maximum atomic E-state index is 11.5. The summed E-state index contributed by atoms with van der Waals surface area (Å²) < 4.78 is 0. The van der Waals surface area contributed by atoms with Crippen molar-refractivity contribution in [2.75, 3.05) is 5.32 Å². The van der Waals surface area contributed by atoms with Gasteiger partial charge in [-0.1, -0.05) is 6.92 Å². The molecule has 0 spiro atoms. The Bertz CT molecular complexity index is 436. The Balaban J connectivity index is 2.74. The van der Waals surface area contributed by atoms with E-state index < -0.39 is 5.54 Å². The third kappa shape index (κ3) is 4.20. The number of anilines is 1. The summed E-state index contributed by atoms with van der Waals surface area (Å²) in [6.45, 7) is 5.65. The van der Waals surface area contributed by atoms with E-state index in [1.807, 2.05) is 32.9 Å². The maximum Gasteiger partial charge on any atom is 0.219 e. The number of hydrogen-bond acceptors (Lipinski definition) is 3. The zero-order chi connectivity index (χ0) is 13.8. The molecule has 1 rings (SSSR count). The first-order chi connectivity index (χ1) is 8.34. The molecular formula is C14H20N2O2. The molecule has 1 aromatic rings. The van der Waals surface area contributed by atoms with Gasteiger partial charge in [-0.15, -0.1) is 0 Å². The molecule has 0 radical (unpaired) electrons. The first kappa shape index (κ1) is 14.2. The minimum atomic E-state index is -0.401. The molecule has 0 atom stereocenters. The van der Waals surface area contributed by atoms with Gasteiger partial charge in [-0.05, 0) is 38.1 Å². The zero-order valence-electron chi connectivity index (χ0n) is 11.1. The molecule has 0 fully saturated rings. The lowest BCUT2D eigenvalue weighted by molar-refractivity contribution is -0.118. The van der Waals surface area contributed by atoms with E-state index in [1.165, 1.54) is 0 Å². The Labute approximate surface area is 108 Å². The molecule has 0 saturated heterocycles. The fraction of sp³-hybridized carbons (Fsp3) is 0.429. The normalized spacial score (nSPS) is 11.1. The molecule has 18 heavy (non-hydrogen) atoms. The van der Waals surface area contributed by atoms with Crippen LogP contribution in [0.5, 0.6) is 0 Å². The van der Waals surface area contributed by atoms with Crippen molar-refractivity contribution in [2.24, 2.45) is 5.73 Å². The molecule has 1 aromatic carbocycles. The van der Waals surface area contributed by atoms with Crippen molar-refractivity contribution in [3.63, 3.8) is 0 Å². The third-order valence-corrected chi connectivity index (χ3v) is 2.63.